The monoisotopic (exact) mass is 326 g/mol. The van der Waals surface area contributed by atoms with E-state index in [-0.39, 0.29) is 6.54 Å². The number of rotatable bonds is 4. The normalized spacial score (nSPS) is 10.7. The van der Waals surface area contributed by atoms with Gasteiger partial charge in [0.05, 0.1) is 12.7 Å². The van der Waals surface area contributed by atoms with Gasteiger partial charge in [0.1, 0.15) is 17.0 Å². The van der Waals surface area contributed by atoms with E-state index >= 15 is 0 Å². The third-order valence-electron chi connectivity index (χ3n) is 3.66. The molecule has 3 rings (SSSR count). The van der Waals surface area contributed by atoms with E-state index in [0.717, 1.165) is 11.1 Å². The van der Waals surface area contributed by atoms with Crippen LogP contribution in [0.15, 0.2) is 52.0 Å². The molecule has 0 bridgehead atoms. The van der Waals surface area contributed by atoms with Crippen molar-refractivity contribution in [3.63, 3.8) is 0 Å². The van der Waals surface area contributed by atoms with Crippen LogP contribution in [-0.2, 0) is 6.54 Å². The van der Waals surface area contributed by atoms with E-state index in [1.807, 2.05) is 30.3 Å². The summed E-state index contributed by atoms with van der Waals surface area (Å²) in [6.07, 6.45) is 2.38. The summed E-state index contributed by atoms with van der Waals surface area (Å²) in [5.74, 6) is -1.44. The zero-order valence-corrected chi connectivity index (χ0v) is 12.8. The number of hydrogen-bond donors (Lipinski definition) is 2. The number of carboxylic acid groups (broad SMARTS) is 1. The van der Waals surface area contributed by atoms with Crippen molar-refractivity contribution < 1.29 is 19.5 Å². The van der Waals surface area contributed by atoms with Gasteiger partial charge in [-0.1, -0.05) is 35.5 Å². The number of nitrogens with zero attached hydrogens (tertiary/aromatic N) is 2. The van der Waals surface area contributed by atoms with Crippen LogP contribution in [0.2, 0.25) is 0 Å². The fourth-order valence-electron chi connectivity index (χ4n) is 2.44. The van der Waals surface area contributed by atoms with E-state index in [4.69, 9.17) is 9.63 Å². The van der Waals surface area contributed by atoms with Gasteiger partial charge >= 0.3 is 5.97 Å². The van der Waals surface area contributed by atoms with Crippen molar-refractivity contribution in [3.8, 4) is 17.0 Å². The number of hydrogen-bond acceptors (Lipinski definition) is 5. The van der Waals surface area contributed by atoms with E-state index in [1.54, 1.807) is 6.92 Å². The molecule has 0 saturated heterocycles. The molecule has 7 heteroatoms. The molecule has 0 spiro atoms. The van der Waals surface area contributed by atoms with Gasteiger partial charge in [-0.2, -0.15) is 0 Å². The summed E-state index contributed by atoms with van der Waals surface area (Å²) in [6.45, 7) is 1.95. The molecular formula is C17H14N2O5. The number of aromatic nitrogens is 2. The SMILES string of the molecule is Cc1onc(-c2ccccc2)c1Cn1cc(O)c(=O)c(C(=O)O)c1. The maximum absolute atomic E-state index is 11.6. The minimum atomic E-state index is -1.39. The number of benzene rings is 1. The van der Waals surface area contributed by atoms with E-state index < -0.39 is 22.7 Å². The fourth-order valence-corrected chi connectivity index (χ4v) is 2.44. The summed E-state index contributed by atoms with van der Waals surface area (Å²) in [5.41, 5.74) is 0.811. The van der Waals surface area contributed by atoms with E-state index in [9.17, 15) is 14.7 Å². The first-order valence-electron chi connectivity index (χ1n) is 7.14. The van der Waals surface area contributed by atoms with Crippen molar-refractivity contribution in [1.29, 1.82) is 0 Å². The Bertz CT molecular complexity index is 957. The molecule has 0 atom stereocenters. The molecule has 122 valence electrons. The lowest BCUT2D eigenvalue weighted by Crippen LogP contribution is -2.17. The highest BCUT2D eigenvalue weighted by molar-refractivity contribution is 5.87. The molecule has 0 amide bonds. The Morgan fingerprint density at radius 2 is 1.96 bits per heavy atom. The van der Waals surface area contributed by atoms with Gasteiger partial charge in [0.2, 0.25) is 5.43 Å². The molecule has 0 aliphatic carbocycles. The second-order valence-electron chi connectivity index (χ2n) is 5.30. The lowest BCUT2D eigenvalue weighted by molar-refractivity contribution is 0.0694. The van der Waals surface area contributed by atoms with E-state index in [1.165, 1.54) is 17.0 Å². The molecule has 0 unspecified atom stereocenters. The summed E-state index contributed by atoms with van der Waals surface area (Å²) < 4.78 is 6.67. The van der Waals surface area contributed by atoms with Gasteiger partial charge in [-0.15, -0.1) is 0 Å². The fraction of sp³-hybridized carbons (Fsp3) is 0.118. The lowest BCUT2D eigenvalue weighted by Gasteiger charge is -2.09. The topological polar surface area (TPSA) is 106 Å². The summed E-state index contributed by atoms with van der Waals surface area (Å²) >= 11 is 0. The Morgan fingerprint density at radius 1 is 1.25 bits per heavy atom. The third kappa shape index (κ3) is 2.79. The molecule has 3 aromatic rings. The van der Waals surface area contributed by atoms with Crippen LogP contribution in [0, 0.1) is 6.92 Å². The van der Waals surface area contributed by atoms with Crippen LogP contribution in [-0.4, -0.2) is 25.9 Å². The first-order valence-corrected chi connectivity index (χ1v) is 7.14. The molecule has 0 aliphatic heterocycles. The smallest absolute Gasteiger partial charge is 0.341 e. The summed E-state index contributed by atoms with van der Waals surface area (Å²) in [6, 6.07) is 9.39. The van der Waals surface area contributed by atoms with Crippen molar-refractivity contribution in [2.45, 2.75) is 13.5 Å². The second kappa shape index (κ2) is 6.04. The zero-order valence-electron chi connectivity index (χ0n) is 12.8. The van der Waals surface area contributed by atoms with Gasteiger partial charge in [-0.3, -0.25) is 4.79 Å². The number of aromatic hydroxyl groups is 1. The average Bonchev–Trinajstić information content (AvgIpc) is 2.92. The van der Waals surface area contributed by atoms with Gasteiger partial charge in [-0.25, -0.2) is 4.79 Å². The number of pyridine rings is 1. The number of carbonyl (C=O) groups is 1. The van der Waals surface area contributed by atoms with Crippen molar-refractivity contribution in [2.75, 3.05) is 0 Å². The molecule has 0 fully saturated rings. The average molecular weight is 326 g/mol. The highest BCUT2D eigenvalue weighted by atomic mass is 16.5. The zero-order chi connectivity index (χ0) is 17.3. The minimum Gasteiger partial charge on any atom is -0.503 e. The van der Waals surface area contributed by atoms with Crippen LogP contribution < -0.4 is 5.43 Å². The maximum atomic E-state index is 11.6. The predicted octanol–water partition coefficient (Wildman–Crippen LogP) is 2.26. The number of carboxylic acids is 1. The molecule has 7 nitrogen and oxygen atoms in total. The molecule has 2 heterocycles. The Morgan fingerprint density at radius 3 is 2.62 bits per heavy atom. The van der Waals surface area contributed by atoms with Gasteiger partial charge < -0.3 is 19.3 Å². The highest BCUT2D eigenvalue weighted by Gasteiger charge is 2.17. The molecule has 2 N–H and O–H groups in total. The molecule has 0 saturated carbocycles. The Labute approximate surface area is 136 Å². The van der Waals surface area contributed by atoms with Crippen LogP contribution in [0.25, 0.3) is 11.3 Å². The van der Waals surface area contributed by atoms with Crippen LogP contribution in [0.1, 0.15) is 21.7 Å². The lowest BCUT2D eigenvalue weighted by atomic mass is 10.1. The summed E-state index contributed by atoms with van der Waals surface area (Å²) in [5, 5.41) is 22.8. The summed E-state index contributed by atoms with van der Waals surface area (Å²) in [7, 11) is 0. The summed E-state index contributed by atoms with van der Waals surface area (Å²) in [4.78, 5) is 22.8. The van der Waals surface area contributed by atoms with Crippen LogP contribution in [0.4, 0.5) is 0 Å². The Balaban J connectivity index is 2.06. The van der Waals surface area contributed by atoms with Crippen LogP contribution in [0.5, 0.6) is 5.75 Å². The third-order valence-corrected chi connectivity index (χ3v) is 3.66. The maximum Gasteiger partial charge on any atom is 0.341 e. The van der Waals surface area contributed by atoms with E-state index in [0.29, 0.717) is 11.5 Å². The standard InChI is InChI=1S/C17H14N2O5/c1-10-12(15(18-24-10)11-5-3-2-4-6-11)7-19-8-13(17(22)23)16(21)14(20)9-19/h2-6,8-9,20H,7H2,1H3,(H,22,23). The van der Waals surface area contributed by atoms with Gasteiger partial charge in [0.15, 0.2) is 5.75 Å². The quantitative estimate of drug-likeness (QED) is 0.762. The van der Waals surface area contributed by atoms with Crippen molar-refractivity contribution >= 4 is 5.97 Å². The van der Waals surface area contributed by atoms with Crippen molar-refractivity contribution in [2.24, 2.45) is 0 Å². The Hall–Kier alpha value is -3.35. The predicted molar refractivity (Wildman–Crippen MR) is 85.1 cm³/mol. The highest BCUT2D eigenvalue weighted by Crippen LogP contribution is 2.26. The first kappa shape index (κ1) is 15.5. The molecular weight excluding hydrogens is 312 g/mol. The van der Waals surface area contributed by atoms with Crippen molar-refractivity contribution in [3.05, 3.63) is 69.8 Å². The molecule has 0 radical (unpaired) electrons. The molecule has 0 aliphatic rings. The number of aromatic carboxylic acids is 1. The van der Waals surface area contributed by atoms with Crippen molar-refractivity contribution in [1.82, 2.24) is 9.72 Å². The van der Waals surface area contributed by atoms with E-state index in [2.05, 4.69) is 5.16 Å². The van der Waals surface area contributed by atoms with Gasteiger partial charge in [0, 0.05) is 17.3 Å². The minimum absolute atomic E-state index is 0.202. The molecule has 24 heavy (non-hydrogen) atoms. The molecule has 2 aromatic heterocycles. The van der Waals surface area contributed by atoms with Gasteiger partial charge in [0.25, 0.3) is 0 Å². The second-order valence-corrected chi connectivity index (χ2v) is 5.30. The number of aryl methyl sites for hydroxylation is 1. The van der Waals surface area contributed by atoms with Gasteiger partial charge in [-0.05, 0) is 6.92 Å². The first-order chi connectivity index (χ1) is 11.5. The van der Waals surface area contributed by atoms with Crippen LogP contribution >= 0.6 is 0 Å². The largest absolute Gasteiger partial charge is 0.503 e. The Kier molecular flexibility index (Phi) is 3.91. The molecule has 1 aromatic carbocycles. The van der Waals surface area contributed by atoms with Crippen LogP contribution in [0.3, 0.4) is 0 Å².